The lowest BCUT2D eigenvalue weighted by Crippen LogP contribution is -2.11. The Hall–Kier alpha value is -3.54. The lowest BCUT2D eigenvalue weighted by Gasteiger charge is -2.05. The molecule has 0 bridgehead atoms. The second-order valence-corrected chi connectivity index (χ2v) is 7.04. The summed E-state index contributed by atoms with van der Waals surface area (Å²) in [6, 6.07) is 16.1. The highest BCUT2D eigenvalue weighted by Gasteiger charge is 2.08. The van der Waals surface area contributed by atoms with Gasteiger partial charge in [0.15, 0.2) is 0 Å². The minimum absolute atomic E-state index is 0.00534. The third kappa shape index (κ3) is 4.66. The van der Waals surface area contributed by atoms with Crippen molar-refractivity contribution in [2.24, 2.45) is 0 Å². The first-order valence-electron chi connectivity index (χ1n) is 9.71. The molecule has 0 atom stereocenters. The van der Waals surface area contributed by atoms with Crippen molar-refractivity contribution in [2.75, 3.05) is 12.4 Å². The molecule has 148 valence electrons. The first kappa shape index (κ1) is 18.8. The summed E-state index contributed by atoms with van der Waals surface area (Å²) >= 11 is 0. The zero-order chi connectivity index (χ0) is 20.1. The number of nitrogens with one attached hydrogen (secondary N) is 2. The molecule has 0 radical (unpaired) electrons. The van der Waals surface area contributed by atoms with Crippen LogP contribution in [0.25, 0.3) is 10.9 Å². The number of fused-ring (bicyclic) bond motifs is 1. The van der Waals surface area contributed by atoms with Gasteiger partial charge in [0.2, 0.25) is 5.91 Å². The zero-order valence-electron chi connectivity index (χ0n) is 16.4. The van der Waals surface area contributed by atoms with Crippen molar-refractivity contribution in [3.63, 3.8) is 0 Å². The van der Waals surface area contributed by atoms with Crippen LogP contribution in [0.4, 0.5) is 5.69 Å². The van der Waals surface area contributed by atoms with E-state index in [-0.39, 0.29) is 5.91 Å². The summed E-state index contributed by atoms with van der Waals surface area (Å²) in [6.45, 7) is 0.619. The van der Waals surface area contributed by atoms with E-state index in [4.69, 9.17) is 4.74 Å². The van der Waals surface area contributed by atoms with Crippen LogP contribution in [0.15, 0.2) is 67.1 Å². The molecule has 4 rings (SSSR count). The van der Waals surface area contributed by atoms with Gasteiger partial charge in [-0.15, -0.1) is 0 Å². The number of hydrogen-bond acceptors (Lipinski definition) is 3. The molecular weight excluding hydrogens is 364 g/mol. The fourth-order valence-electron chi connectivity index (χ4n) is 3.47. The Morgan fingerprint density at radius 1 is 1.21 bits per heavy atom. The summed E-state index contributed by atoms with van der Waals surface area (Å²) in [4.78, 5) is 15.6. The Morgan fingerprint density at radius 3 is 3.00 bits per heavy atom. The Balaban J connectivity index is 1.27. The van der Waals surface area contributed by atoms with E-state index in [1.807, 2.05) is 48.8 Å². The highest BCUT2D eigenvalue weighted by atomic mass is 16.5. The smallest absolute Gasteiger partial charge is 0.224 e. The summed E-state index contributed by atoms with van der Waals surface area (Å²) in [7, 11) is 1.65. The summed E-state index contributed by atoms with van der Waals surface area (Å²) < 4.78 is 7.05. The van der Waals surface area contributed by atoms with Gasteiger partial charge in [-0.05, 0) is 42.2 Å². The Bertz CT molecular complexity index is 1110. The molecule has 1 amide bonds. The molecule has 2 aromatic heterocycles. The predicted octanol–water partition coefficient (Wildman–Crippen LogP) is 4.38. The van der Waals surface area contributed by atoms with Gasteiger partial charge in [0.25, 0.3) is 0 Å². The number of aryl methyl sites for hydroxylation is 1. The molecule has 0 fully saturated rings. The fourth-order valence-corrected chi connectivity index (χ4v) is 3.47. The largest absolute Gasteiger partial charge is 0.497 e. The minimum Gasteiger partial charge on any atom is -0.497 e. The van der Waals surface area contributed by atoms with Crippen molar-refractivity contribution in [3.8, 4) is 5.75 Å². The molecule has 2 heterocycles. The molecule has 4 aromatic rings. The molecule has 0 aliphatic rings. The summed E-state index contributed by atoms with van der Waals surface area (Å²) in [5, 5.41) is 8.49. The number of para-hydroxylation sites is 1. The van der Waals surface area contributed by atoms with Crippen LogP contribution in [-0.4, -0.2) is 27.8 Å². The molecule has 2 N–H and O–H groups in total. The van der Waals surface area contributed by atoms with Crippen LogP contribution in [0.1, 0.15) is 24.0 Å². The maximum Gasteiger partial charge on any atom is 0.224 e. The predicted molar refractivity (Wildman–Crippen MR) is 114 cm³/mol. The van der Waals surface area contributed by atoms with Crippen LogP contribution in [0.3, 0.4) is 0 Å². The molecule has 6 heteroatoms. The van der Waals surface area contributed by atoms with Gasteiger partial charge in [-0.25, -0.2) is 0 Å². The lowest BCUT2D eigenvalue weighted by molar-refractivity contribution is -0.116. The summed E-state index contributed by atoms with van der Waals surface area (Å²) in [5.74, 6) is 0.823. The van der Waals surface area contributed by atoms with Crippen LogP contribution in [0.2, 0.25) is 0 Å². The molecule has 0 aliphatic heterocycles. The van der Waals surface area contributed by atoms with E-state index in [1.165, 1.54) is 10.9 Å². The summed E-state index contributed by atoms with van der Waals surface area (Å²) in [5.41, 5.74) is 4.18. The molecule has 0 saturated heterocycles. The molecule has 0 aliphatic carbocycles. The van der Waals surface area contributed by atoms with Crippen molar-refractivity contribution in [1.29, 1.82) is 0 Å². The first-order valence-corrected chi connectivity index (χ1v) is 9.71. The fraction of sp³-hybridized carbons (Fsp3) is 0.217. The number of hydrogen-bond donors (Lipinski definition) is 2. The molecule has 0 saturated carbocycles. The standard InChI is InChI=1S/C23H24N4O2/c1-29-20-8-4-6-17(12-20)15-27-16-19(14-25-27)26-23(28)11-5-7-18-13-24-22-10-3-2-9-21(18)22/h2-4,6,8-10,12-14,16,24H,5,7,11,15H2,1H3,(H,26,28). The maximum absolute atomic E-state index is 12.3. The molecule has 2 aromatic carbocycles. The number of benzene rings is 2. The second-order valence-electron chi connectivity index (χ2n) is 7.04. The number of nitrogens with zero attached hydrogens (tertiary/aromatic N) is 2. The van der Waals surface area contributed by atoms with Gasteiger partial charge in [0.05, 0.1) is 25.5 Å². The second kappa shape index (κ2) is 8.65. The molecular formula is C23H24N4O2. The lowest BCUT2D eigenvalue weighted by atomic mass is 10.1. The number of ether oxygens (including phenoxy) is 1. The summed E-state index contributed by atoms with van der Waals surface area (Å²) in [6.07, 6.45) is 7.69. The average Bonchev–Trinajstić information content (AvgIpc) is 3.35. The van der Waals surface area contributed by atoms with Gasteiger partial charge >= 0.3 is 0 Å². The number of rotatable bonds is 8. The van der Waals surface area contributed by atoms with Gasteiger partial charge in [-0.3, -0.25) is 9.48 Å². The number of carbonyl (C=O) groups excluding carboxylic acids is 1. The molecule has 0 unspecified atom stereocenters. The third-order valence-electron chi connectivity index (χ3n) is 4.92. The van der Waals surface area contributed by atoms with Crippen LogP contribution in [0, 0.1) is 0 Å². The van der Waals surface area contributed by atoms with Crippen LogP contribution in [0.5, 0.6) is 5.75 Å². The minimum atomic E-state index is 0.00534. The SMILES string of the molecule is COc1cccc(Cn2cc(NC(=O)CCCc3c[nH]c4ccccc34)cn2)c1. The highest BCUT2D eigenvalue weighted by molar-refractivity contribution is 5.90. The molecule has 6 nitrogen and oxygen atoms in total. The van der Waals surface area contributed by atoms with Crippen molar-refractivity contribution >= 4 is 22.5 Å². The Morgan fingerprint density at radius 2 is 2.10 bits per heavy atom. The van der Waals surface area contributed by atoms with Crippen LogP contribution in [-0.2, 0) is 17.8 Å². The molecule has 0 spiro atoms. The Labute approximate surface area is 169 Å². The molecule has 29 heavy (non-hydrogen) atoms. The number of amides is 1. The number of H-pyrrole nitrogens is 1. The number of methoxy groups -OCH3 is 1. The van der Waals surface area contributed by atoms with Crippen molar-refractivity contribution in [1.82, 2.24) is 14.8 Å². The average molecular weight is 388 g/mol. The quantitative estimate of drug-likeness (QED) is 0.470. The van der Waals surface area contributed by atoms with Crippen molar-refractivity contribution in [3.05, 3.63) is 78.2 Å². The van der Waals surface area contributed by atoms with Crippen LogP contribution >= 0.6 is 0 Å². The maximum atomic E-state index is 12.3. The van der Waals surface area contributed by atoms with Gasteiger partial charge < -0.3 is 15.0 Å². The van der Waals surface area contributed by atoms with E-state index in [0.717, 1.165) is 29.7 Å². The number of aromatic amines is 1. The van der Waals surface area contributed by atoms with E-state index in [1.54, 1.807) is 18.0 Å². The zero-order valence-corrected chi connectivity index (χ0v) is 16.4. The van der Waals surface area contributed by atoms with E-state index in [9.17, 15) is 4.79 Å². The van der Waals surface area contributed by atoms with E-state index < -0.39 is 0 Å². The number of anilines is 1. The first-order chi connectivity index (χ1) is 14.2. The van der Waals surface area contributed by atoms with E-state index in [0.29, 0.717) is 18.7 Å². The van der Waals surface area contributed by atoms with Gasteiger partial charge in [-0.2, -0.15) is 5.10 Å². The van der Waals surface area contributed by atoms with Crippen molar-refractivity contribution < 1.29 is 9.53 Å². The Kier molecular flexibility index (Phi) is 5.61. The normalized spacial score (nSPS) is 10.9. The topological polar surface area (TPSA) is 71.9 Å². The van der Waals surface area contributed by atoms with E-state index in [2.05, 4.69) is 27.5 Å². The van der Waals surface area contributed by atoms with Gasteiger partial charge in [0.1, 0.15) is 5.75 Å². The van der Waals surface area contributed by atoms with Gasteiger partial charge in [0, 0.05) is 29.7 Å². The van der Waals surface area contributed by atoms with Crippen molar-refractivity contribution in [2.45, 2.75) is 25.8 Å². The third-order valence-corrected chi connectivity index (χ3v) is 4.92. The highest BCUT2D eigenvalue weighted by Crippen LogP contribution is 2.20. The van der Waals surface area contributed by atoms with Gasteiger partial charge in [-0.1, -0.05) is 30.3 Å². The van der Waals surface area contributed by atoms with E-state index >= 15 is 0 Å². The van der Waals surface area contributed by atoms with Crippen LogP contribution < -0.4 is 10.1 Å². The monoisotopic (exact) mass is 388 g/mol. The number of carbonyl (C=O) groups is 1. The number of aromatic nitrogens is 3.